The molecule has 0 unspecified atom stereocenters. The molecule has 0 radical (unpaired) electrons. The number of likely N-dealkylation sites (N-methyl/N-ethyl adjacent to an activating group) is 1. The van der Waals surface area contributed by atoms with Crippen LogP contribution < -0.4 is 10.6 Å². The van der Waals surface area contributed by atoms with Crippen LogP contribution in [0.4, 0.5) is 5.82 Å². The van der Waals surface area contributed by atoms with E-state index in [2.05, 4.69) is 14.3 Å². The maximum Gasteiger partial charge on any atom is 0.195 e. The highest BCUT2D eigenvalue weighted by Crippen LogP contribution is 2.28. The smallest absolute Gasteiger partial charge is 0.195 e. The molecule has 2 heterocycles. The molecule has 19 heavy (non-hydrogen) atoms. The number of aromatic nitrogens is 2. The first-order valence-corrected chi connectivity index (χ1v) is 7.61. The Bertz CT molecular complexity index is 546. The zero-order valence-corrected chi connectivity index (χ0v) is 12.0. The molecule has 2 aromatic heterocycles. The lowest BCUT2D eigenvalue weighted by Gasteiger charge is -2.18. The third kappa shape index (κ3) is 2.75. The minimum absolute atomic E-state index is 0.501. The maximum absolute atomic E-state index is 5.85. The Balaban J connectivity index is 1.62. The summed E-state index contributed by atoms with van der Waals surface area (Å²) in [5.41, 5.74) is 6.92. The van der Waals surface area contributed by atoms with Gasteiger partial charge in [0.1, 0.15) is 0 Å². The summed E-state index contributed by atoms with van der Waals surface area (Å²) in [4.78, 5) is 7.78. The number of imidazole rings is 1. The molecule has 0 spiro atoms. The molecule has 104 valence electrons. The summed E-state index contributed by atoms with van der Waals surface area (Å²) >= 11 is 1.63. The Kier molecular flexibility index (Phi) is 3.72. The Morgan fingerprint density at radius 2 is 2.42 bits per heavy atom. The van der Waals surface area contributed by atoms with Crippen LogP contribution in [0.3, 0.4) is 0 Å². The van der Waals surface area contributed by atoms with Crippen molar-refractivity contribution in [1.82, 2.24) is 9.38 Å². The summed E-state index contributed by atoms with van der Waals surface area (Å²) in [6.07, 6.45) is 4.70. The van der Waals surface area contributed by atoms with Gasteiger partial charge in [-0.2, -0.15) is 0 Å². The average Bonchev–Trinajstić information content (AvgIpc) is 2.99. The fourth-order valence-corrected chi connectivity index (χ4v) is 2.89. The number of hydrogen-bond donors (Lipinski definition) is 1. The first-order valence-electron chi connectivity index (χ1n) is 6.73. The summed E-state index contributed by atoms with van der Waals surface area (Å²) in [6.45, 7) is 3.02. The van der Waals surface area contributed by atoms with Crippen LogP contribution in [-0.4, -0.2) is 36.2 Å². The number of rotatable bonds is 7. The van der Waals surface area contributed by atoms with Crippen molar-refractivity contribution >= 4 is 22.1 Å². The van der Waals surface area contributed by atoms with Crippen molar-refractivity contribution in [3.8, 4) is 0 Å². The maximum atomic E-state index is 5.85. The summed E-state index contributed by atoms with van der Waals surface area (Å²) in [7, 11) is 2.05. The van der Waals surface area contributed by atoms with Gasteiger partial charge in [-0.3, -0.25) is 4.40 Å². The van der Waals surface area contributed by atoms with E-state index in [0.29, 0.717) is 6.54 Å². The molecule has 5 nitrogen and oxygen atoms in total. The Morgan fingerprint density at radius 1 is 1.58 bits per heavy atom. The zero-order chi connectivity index (χ0) is 13.2. The normalized spacial score (nSPS) is 15.3. The van der Waals surface area contributed by atoms with E-state index in [-0.39, 0.29) is 0 Å². The molecule has 0 atom stereocenters. The van der Waals surface area contributed by atoms with Crippen molar-refractivity contribution in [2.24, 2.45) is 11.7 Å². The van der Waals surface area contributed by atoms with Crippen molar-refractivity contribution < 1.29 is 4.74 Å². The number of anilines is 1. The monoisotopic (exact) mass is 280 g/mol. The zero-order valence-electron chi connectivity index (χ0n) is 11.2. The minimum Gasteiger partial charge on any atom is -0.379 e. The topological polar surface area (TPSA) is 55.8 Å². The Hall–Kier alpha value is -1.11. The van der Waals surface area contributed by atoms with E-state index in [1.807, 2.05) is 18.6 Å². The van der Waals surface area contributed by atoms with Crippen LogP contribution in [0.1, 0.15) is 18.5 Å². The molecule has 1 fully saturated rings. The van der Waals surface area contributed by atoms with Crippen LogP contribution >= 0.6 is 11.3 Å². The van der Waals surface area contributed by atoms with E-state index in [0.717, 1.165) is 42.1 Å². The summed E-state index contributed by atoms with van der Waals surface area (Å²) in [6, 6.07) is 0. The van der Waals surface area contributed by atoms with Crippen LogP contribution in [0, 0.1) is 5.92 Å². The van der Waals surface area contributed by atoms with Gasteiger partial charge in [0, 0.05) is 38.3 Å². The lowest BCUT2D eigenvalue weighted by molar-refractivity contribution is 0.131. The lowest BCUT2D eigenvalue weighted by atomic mass is 10.4. The van der Waals surface area contributed by atoms with Crippen LogP contribution in [0.15, 0.2) is 11.6 Å². The average molecular weight is 280 g/mol. The second kappa shape index (κ2) is 5.48. The van der Waals surface area contributed by atoms with Gasteiger partial charge in [-0.15, -0.1) is 11.3 Å². The number of nitrogens with zero attached hydrogens (tertiary/aromatic N) is 3. The highest BCUT2D eigenvalue weighted by molar-refractivity contribution is 7.15. The van der Waals surface area contributed by atoms with E-state index in [1.165, 1.54) is 12.8 Å². The highest BCUT2D eigenvalue weighted by Gasteiger charge is 2.21. The second-order valence-electron chi connectivity index (χ2n) is 5.08. The summed E-state index contributed by atoms with van der Waals surface area (Å²) in [5, 5.41) is 2.03. The molecule has 1 saturated carbocycles. The molecule has 0 saturated heterocycles. The van der Waals surface area contributed by atoms with Gasteiger partial charge in [0.15, 0.2) is 10.8 Å². The van der Waals surface area contributed by atoms with Gasteiger partial charge in [-0.25, -0.2) is 4.98 Å². The number of hydrogen-bond acceptors (Lipinski definition) is 5. The van der Waals surface area contributed by atoms with Crippen molar-refractivity contribution in [1.29, 1.82) is 0 Å². The molecule has 1 aliphatic carbocycles. The number of thiazole rings is 1. The van der Waals surface area contributed by atoms with Gasteiger partial charge in [-0.05, 0) is 18.8 Å². The quantitative estimate of drug-likeness (QED) is 0.785. The van der Waals surface area contributed by atoms with Gasteiger partial charge in [0.2, 0.25) is 0 Å². The van der Waals surface area contributed by atoms with E-state index >= 15 is 0 Å². The Labute approximate surface area is 117 Å². The van der Waals surface area contributed by atoms with Gasteiger partial charge in [0.05, 0.1) is 12.3 Å². The highest BCUT2D eigenvalue weighted by atomic mass is 32.1. The number of ether oxygens (including phenoxy) is 1. The molecular formula is C13H20N4OS. The standard InChI is InChI=1S/C13H20N4OS/c1-16(4-6-18-9-10-2-3-10)12-11(8-14)17-5-7-19-13(17)15-12/h5,7,10H,2-4,6,8-9,14H2,1H3. The Morgan fingerprint density at radius 3 is 3.16 bits per heavy atom. The fourth-order valence-electron chi connectivity index (χ4n) is 2.16. The molecule has 6 heteroatoms. The first-order chi connectivity index (χ1) is 9.29. The molecule has 2 N–H and O–H groups in total. The molecule has 0 bridgehead atoms. The molecule has 3 rings (SSSR count). The second-order valence-corrected chi connectivity index (χ2v) is 5.95. The van der Waals surface area contributed by atoms with Crippen molar-refractivity contribution in [2.75, 3.05) is 31.7 Å². The van der Waals surface area contributed by atoms with E-state index in [1.54, 1.807) is 11.3 Å². The largest absolute Gasteiger partial charge is 0.379 e. The van der Waals surface area contributed by atoms with Crippen LogP contribution in [-0.2, 0) is 11.3 Å². The third-order valence-electron chi connectivity index (χ3n) is 3.52. The predicted molar refractivity (Wildman–Crippen MR) is 77.8 cm³/mol. The molecule has 0 amide bonds. The number of fused-ring (bicyclic) bond motifs is 1. The van der Waals surface area contributed by atoms with E-state index in [9.17, 15) is 0 Å². The lowest BCUT2D eigenvalue weighted by Crippen LogP contribution is -2.25. The van der Waals surface area contributed by atoms with Crippen LogP contribution in [0.5, 0.6) is 0 Å². The third-order valence-corrected chi connectivity index (χ3v) is 4.27. The van der Waals surface area contributed by atoms with Crippen LogP contribution in [0.2, 0.25) is 0 Å². The number of nitrogens with two attached hydrogens (primary N) is 1. The van der Waals surface area contributed by atoms with Crippen LogP contribution in [0.25, 0.3) is 4.96 Å². The van der Waals surface area contributed by atoms with Gasteiger partial charge >= 0.3 is 0 Å². The van der Waals surface area contributed by atoms with E-state index < -0.39 is 0 Å². The molecular weight excluding hydrogens is 260 g/mol. The van der Waals surface area contributed by atoms with Crippen molar-refractivity contribution in [3.63, 3.8) is 0 Å². The molecule has 0 aromatic carbocycles. The molecule has 2 aromatic rings. The summed E-state index contributed by atoms with van der Waals surface area (Å²) < 4.78 is 7.74. The SMILES string of the molecule is CN(CCOCC1CC1)c1nc2sccn2c1CN. The first kappa shape index (κ1) is 12.9. The minimum atomic E-state index is 0.501. The predicted octanol–water partition coefficient (Wildman–Crippen LogP) is 1.72. The van der Waals surface area contributed by atoms with Crippen molar-refractivity contribution in [2.45, 2.75) is 19.4 Å². The van der Waals surface area contributed by atoms with Gasteiger partial charge < -0.3 is 15.4 Å². The molecule has 1 aliphatic rings. The van der Waals surface area contributed by atoms with Gasteiger partial charge in [-0.1, -0.05) is 0 Å². The van der Waals surface area contributed by atoms with E-state index in [4.69, 9.17) is 10.5 Å². The molecule has 0 aliphatic heterocycles. The van der Waals surface area contributed by atoms with Gasteiger partial charge in [0.25, 0.3) is 0 Å². The summed E-state index contributed by atoms with van der Waals surface area (Å²) in [5.74, 6) is 1.80. The van der Waals surface area contributed by atoms with Crippen molar-refractivity contribution in [3.05, 3.63) is 17.3 Å². The fraction of sp³-hybridized carbons (Fsp3) is 0.615.